The summed E-state index contributed by atoms with van der Waals surface area (Å²) in [4.78, 5) is 16.3. The van der Waals surface area contributed by atoms with E-state index in [0.717, 1.165) is 0 Å². The first-order chi connectivity index (χ1) is 10.6. The van der Waals surface area contributed by atoms with Gasteiger partial charge in [0.15, 0.2) is 6.61 Å². The third-order valence-corrected chi connectivity index (χ3v) is 3.12. The number of halogens is 1. The lowest BCUT2D eigenvalue weighted by molar-refractivity contribution is 0.0946. The summed E-state index contributed by atoms with van der Waals surface area (Å²) in [7, 11) is 1.85. The van der Waals surface area contributed by atoms with E-state index in [0.29, 0.717) is 29.6 Å². The van der Waals surface area contributed by atoms with E-state index in [1.807, 2.05) is 20.0 Å². The summed E-state index contributed by atoms with van der Waals surface area (Å²) in [6.07, 6.45) is 0. The first kappa shape index (κ1) is 18.9. The standard InChI is InChI=1S/C15H20N4O3.ClH/c1-10(16-3)8-17-15(20)12-6-4-5-7-13(12)21-9-14-18-11(2)22-19-14;/h4-7,10,16H,8-9H2,1-3H3,(H,17,20);1H. The number of hydrogen-bond acceptors (Lipinski definition) is 6. The second-order valence-corrected chi connectivity index (χ2v) is 4.91. The number of likely N-dealkylation sites (N-methyl/N-ethyl adjacent to an activating group) is 1. The van der Waals surface area contributed by atoms with Gasteiger partial charge in [-0.15, -0.1) is 12.4 Å². The van der Waals surface area contributed by atoms with E-state index in [2.05, 4.69) is 20.8 Å². The minimum atomic E-state index is -0.179. The van der Waals surface area contributed by atoms with Gasteiger partial charge in [-0.3, -0.25) is 4.79 Å². The maximum Gasteiger partial charge on any atom is 0.255 e. The van der Waals surface area contributed by atoms with Crippen LogP contribution in [0.15, 0.2) is 28.8 Å². The predicted octanol–water partition coefficient (Wildman–Crippen LogP) is 1.72. The number of nitrogens with one attached hydrogen (secondary N) is 2. The van der Waals surface area contributed by atoms with Gasteiger partial charge >= 0.3 is 0 Å². The lowest BCUT2D eigenvalue weighted by Crippen LogP contribution is -2.37. The molecule has 7 nitrogen and oxygen atoms in total. The van der Waals surface area contributed by atoms with Crippen LogP contribution in [0.4, 0.5) is 0 Å². The van der Waals surface area contributed by atoms with Crippen molar-refractivity contribution in [1.29, 1.82) is 0 Å². The molecule has 1 aromatic heterocycles. The van der Waals surface area contributed by atoms with Crippen molar-refractivity contribution < 1.29 is 14.1 Å². The molecule has 8 heteroatoms. The van der Waals surface area contributed by atoms with Crippen LogP contribution in [0, 0.1) is 6.92 Å². The zero-order valence-electron chi connectivity index (χ0n) is 13.3. The van der Waals surface area contributed by atoms with Crippen LogP contribution in [0.5, 0.6) is 5.75 Å². The summed E-state index contributed by atoms with van der Waals surface area (Å²) in [5.41, 5.74) is 0.478. The van der Waals surface area contributed by atoms with Gasteiger partial charge in [-0.2, -0.15) is 4.98 Å². The Morgan fingerprint density at radius 1 is 1.39 bits per heavy atom. The fraction of sp³-hybridized carbons (Fsp3) is 0.400. The van der Waals surface area contributed by atoms with Crippen LogP contribution < -0.4 is 15.4 Å². The SMILES string of the molecule is CNC(C)CNC(=O)c1ccccc1OCc1noc(C)n1.Cl. The molecule has 1 heterocycles. The molecule has 1 aromatic carbocycles. The zero-order chi connectivity index (χ0) is 15.9. The molecule has 0 spiro atoms. The van der Waals surface area contributed by atoms with Crippen LogP contribution >= 0.6 is 12.4 Å². The maximum absolute atomic E-state index is 12.2. The van der Waals surface area contributed by atoms with Crippen molar-refractivity contribution in [3.8, 4) is 5.75 Å². The van der Waals surface area contributed by atoms with Crippen molar-refractivity contribution in [2.45, 2.75) is 26.5 Å². The smallest absolute Gasteiger partial charge is 0.255 e. The summed E-state index contributed by atoms with van der Waals surface area (Å²) in [5, 5.41) is 9.68. The first-order valence-corrected chi connectivity index (χ1v) is 7.06. The van der Waals surface area contributed by atoms with Crippen LogP contribution in [0.1, 0.15) is 29.0 Å². The van der Waals surface area contributed by atoms with Crippen molar-refractivity contribution in [2.75, 3.05) is 13.6 Å². The number of aromatic nitrogens is 2. The Morgan fingerprint density at radius 3 is 2.78 bits per heavy atom. The molecule has 0 aliphatic rings. The van der Waals surface area contributed by atoms with E-state index in [9.17, 15) is 4.79 Å². The molecule has 1 atom stereocenters. The molecule has 0 saturated heterocycles. The minimum Gasteiger partial charge on any atom is -0.485 e. The van der Waals surface area contributed by atoms with Crippen LogP contribution in [0.2, 0.25) is 0 Å². The predicted molar refractivity (Wildman–Crippen MR) is 87.9 cm³/mol. The normalized spacial score (nSPS) is 11.4. The fourth-order valence-electron chi connectivity index (χ4n) is 1.77. The molecule has 2 aromatic rings. The molecule has 126 valence electrons. The number of rotatable bonds is 7. The third kappa shape index (κ3) is 5.54. The summed E-state index contributed by atoms with van der Waals surface area (Å²) >= 11 is 0. The molecular formula is C15H21ClN4O3. The lowest BCUT2D eigenvalue weighted by Gasteiger charge is -2.13. The molecule has 0 aliphatic carbocycles. The highest BCUT2D eigenvalue weighted by molar-refractivity contribution is 5.96. The molecule has 2 N–H and O–H groups in total. The van der Waals surface area contributed by atoms with E-state index in [1.165, 1.54) is 0 Å². The number of carbonyl (C=O) groups is 1. The minimum absolute atomic E-state index is 0. The van der Waals surface area contributed by atoms with Crippen molar-refractivity contribution in [3.63, 3.8) is 0 Å². The van der Waals surface area contributed by atoms with Gasteiger partial charge in [0.25, 0.3) is 5.91 Å². The van der Waals surface area contributed by atoms with Crippen LogP contribution in [-0.2, 0) is 6.61 Å². The highest BCUT2D eigenvalue weighted by Gasteiger charge is 2.13. The van der Waals surface area contributed by atoms with E-state index in [1.54, 1.807) is 25.1 Å². The van der Waals surface area contributed by atoms with Crippen molar-refractivity contribution in [1.82, 2.24) is 20.8 Å². The second-order valence-electron chi connectivity index (χ2n) is 4.91. The quantitative estimate of drug-likeness (QED) is 0.797. The number of aryl methyl sites for hydroxylation is 1. The van der Waals surface area contributed by atoms with E-state index < -0.39 is 0 Å². The molecule has 0 bridgehead atoms. The number of para-hydroxylation sites is 1. The molecule has 2 rings (SSSR count). The van der Waals surface area contributed by atoms with Crippen molar-refractivity contribution in [3.05, 3.63) is 41.5 Å². The van der Waals surface area contributed by atoms with Crippen molar-refractivity contribution in [2.24, 2.45) is 0 Å². The zero-order valence-corrected chi connectivity index (χ0v) is 14.1. The molecule has 1 unspecified atom stereocenters. The molecule has 0 aliphatic heterocycles. The number of hydrogen-bond donors (Lipinski definition) is 2. The Kier molecular flexibility index (Phi) is 7.50. The third-order valence-electron chi connectivity index (χ3n) is 3.12. The van der Waals surface area contributed by atoms with Gasteiger partial charge in [0, 0.05) is 19.5 Å². The average Bonchev–Trinajstić information content (AvgIpc) is 2.96. The van der Waals surface area contributed by atoms with Gasteiger partial charge in [0.05, 0.1) is 5.56 Å². The van der Waals surface area contributed by atoms with Crippen LogP contribution in [0.3, 0.4) is 0 Å². The largest absolute Gasteiger partial charge is 0.485 e. The van der Waals surface area contributed by atoms with Gasteiger partial charge in [-0.25, -0.2) is 0 Å². The average molecular weight is 341 g/mol. The Bertz CT molecular complexity index is 633. The number of amides is 1. The van der Waals surface area contributed by atoms with E-state index in [4.69, 9.17) is 9.26 Å². The summed E-state index contributed by atoms with van der Waals surface area (Å²) in [5.74, 6) is 1.23. The number of benzene rings is 1. The van der Waals surface area contributed by atoms with E-state index in [-0.39, 0.29) is 31.0 Å². The molecular weight excluding hydrogens is 320 g/mol. The van der Waals surface area contributed by atoms with Crippen molar-refractivity contribution >= 4 is 18.3 Å². The summed E-state index contributed by atoms with van der Waals surface area (Å²) < 4.78 is 10.5. The van der Waals surface area contributed by atoms with Gasteiger partial charge in [-0.05, 0) is 26.1 Å². The topological polar surface area (TPSA) is 89.3 Å². The van der Waals surface area contributed by atoms with Gasteiger partial charge in [0.1, 0.15) is 5.75 Å². The molecule has 0 radical (unpaired) electrons. The summed E-state index contributed by atoms with van der Waals surface area (Å²) in [6.45, 7) is 4.38. The Labute approximate surface area is 141 Å². The van der Waals surface area contributed by atoms with Crippen LogP contribution in [-0.4, -0.2) is 35.7 Å². The van der Waals surface area contributed by atoms with Gasteiger partial charge < -0.3 is 19.9 Å². The first-order valence-electron chi connectivity index (χ1n) is 7.06. The summed E-state index contributed by atoms with van der Waals surface area (Å²) in [6, 6.07) is 7.25. The lowest BCUT2D eigenvalue weighted by atomic mass is 10.2. The Balaban J connectivity index is 0.00000264. The Hall–Kier alpha value is -2.12. The number of carbonyl (C=O) groups excluding carboxylic acids is 1. The van der Waals surface area contributed by atoms with Gasteiger partial charge in [-0.1, -0.05) is 17.3 Å². The van der Waals surface area contributed by atoms with E-state index >= 15 is 0 Å². The highest BCUT2D eigenvalue weighted by atomic mass is 35.5. The molecule has 23 heavy (non-hydrogen) atoms. The van der Waals surface area contributed by atoms with Crippen LogP contribution in [0.25, 0.3) is 0 Å². The Morgan fingerprint density at radius 2 is 2.13 bits per heavy atom. The second kappa shape index (κ2) is 9.12. The van der Waals surface area contributed by atoms with Gasteiger partial charge in [0.2, 0.25) is 11.7 Å². The molecule has 1 amide bonds. The monoisotopic (exact) mass is 340 g/mol. The number of ether oxygens (including phenoxy) is 1. The highest BCUT2D eigenvalue weighted by Crippen LogP contribution is 2.18. The fourth-order valence-corrected chi connectivity index (χ4v) is 1.77. The number of nitrogens with zero attached hydrogens (tertiary/aromatic N) is 2. The molecule has 0 saturated carbocycles. The molecule has 0 fully saturated rings. The maximum atomic E-state index is 12.2.